The first-order chi connectivity index (χ1) is 36.3. The number of carbonyl (C=O) groups excluding carboxylic acids is 1. The largest absolute Gasteiger partial charge is 0.493 e. The molecule has 2 aromatic heterocycles. The Morgan fingerprint density at radius 1 is 1.00 bits per heavy atom. The molecule has 4 aliphatic rings. The third-order valence-corrected chi connectivity index (χ3v) is 17.5. The number of fused-ring (bicyclic) bond motifs is 1. The number of H-pyrrole nitrogens is 1. The number of carbonyl (C=O) groups is 1. The van der Waals surface area contributed by atoms with Gasteiger partial charge >= 0.3 is 0 Å². The summed E-state index contributed by atoms with van der Waals surface area (Å²) >= 11 is 0. The number of sulfonamides is 1. The normalized spacial score (nSPS) is 21.0. The predicted molar refractivity (Wildman–Crippen MR) is 289 cm³/mol. The predicted octanol–water partition coefficient (Wildman–Crippen LogP) is 9.85. The number of piperazine rings is 1. The average Bonchev–Trinajstić information content (AvgIpc) is 3.74. The number of amides is 1. The lowest BCUT2D eigenvalue weighted by molar-refractivity contribution is -0.384. The van der Waals surface area contributed by atoms with Crippen molar-refractivity contribution in [2.45, 2.75) is 101 Å². The molecule has 4 heterocycles. The monoisotopic (exact) mass is 1060 g/mol. The Bertz CT molecular complexity index is 3270. The quantitative estimate of drug-likeness (QED) is 0.0496. The van der Waals surface area contributed by atoms with Crippen molar-refractivity contribution in [2.24, 2.45) is 11.3 Å². The van der Waals surface area contributed by atoms with Gasteiger partial charge in [0.15, 0.2) is 11.5 Å². The van der Waals surface area contributed by atoms with Crippen LogP contribution in [0.1, 0.15) is 104 Å². The van der Waals surface area contributed by atoms with E-state index in [1.807, 2.05) is 6.92 Å². The zero-order valence-corrected chi connectivity index (χ0v) is 44.7. The second-order valence-electron chi connectivity index (χ2n) is 22.0. The van der Waals surface area contributed by atoms with Gasteiger partial charge in [-0.25, -0.2) is 22.5 Å². The molecule has 17 nitrogen and oxygen atoms in total. The van der Waals surface area contributed by atoms with Gasteiger partial charge in [0, 0.05) is 87.3 Å². The van der Waals surface area contributed by atoms with Gasteiger partial charge in [0.05, 0.1) is 46.8 Å². The average molecular weight is 1060 g/mol. The summed E-state index contributed by atoms with van der Waals surface area (Å²) in [7, 11) is -1.31. The number of nitro groups is 1. The molecule has 0 radical (unpaired) electrons. The molecule has 0 bridgehead atoms. The number of hydrogen-bond donors (Lipinski definition) is 4. The van der Waals surface area contributed by atoms with Crippen LogP contribution < -0.4 is 29.1 Å². The van der Waals surface area contributed by atoms with Crippen LogP contribution in [0.2, 0.25) is 0 Å². The SMILES string of the molecule is COc1cc(CN2CCN(C3CC4(C3)CN(c3ccc(C(=O)NS(=O)(=O)c5ccc(NC[C@H]6CC[C@](C)(O)CC6)c([N+](=O)[O-])c5)c(Oc5cnc6[nH]cc(F)c6c5)c3)C4)[C@H](c3ccccc3C(C)C)C2)cc(C)c1OC. The molecule has 19 heteroatoms. The maximum atomic E-state index is 14.7. The third kappa shape index (κ3) is 10.8. The zero-order chi connectivity index (χ0) is 53.7. The molecule has 0 unspecified atom stereocenters. The van der Waals surface area contributed by atoms with E-state index in [1.54, 1.807) is 33.3 Å². The number of aliphatic hydroxyl groups is 1. The smallest absolute Gasteiger partial charge is 0.293 e. The molecule has 4 fully saturated rings. The molecule has 2 saturated heterocycles. The number of nitrogens with zero attached hydrogens (tertiary/aromatic N) is 5. The van der Waals surface area contributed by atoms with Crippen LogP contribution in [0.5, 0.6) is 23.0 Å². The zero-order valence-electron chi connectivity index (χ0n) is 43.9. The molecule has 2 aliphatic heterocycles. The van der Waals surface area contributed by atoms with Crippen LogP contribution in [0.15, 0.2) is 96.2 Å². The lowest BCUT2D eigenvalue weighted by atomic mass is 9.59. The molecule has 4 N–H and O–H groups in total. The number of nitrogens with one attached hydrogen (secondary N) is 3. The van der Waals surface area contributed by atoms with Gasteiger partial charge in [-0.05, 0) is 123 Å². The van der Waals surface area contributed by atoms with E-state index in [9.17, 15) is 32.8 Å². The number of nitro benzene ring substituents is 1. The summed E-state index contributed by atoms with van der Waals surface area (Å²) in [4.78, 5) is 39.7. The van der Waals surface area contributed by atoms with Gasteiger partial charge in [-0.2, -0.15) is 0 Å². The number of ether oxygens (including phenoxy) is 3. The number of rotatable bonds is 17. The van der Waals surface area contributed by atoms with E-state index < -0.39 is 42.9 Å². The van der Waals surface area contributed by atoms with E-state index in [1.165, 1.54) is 53.3 Å². The van der Waals surface area contributed by atoms with Crippen LogP contribution in [0.3, 0.4) is 0 Å². The van der Waals surface area contributed by atoms with Crippen LogP contribution in [0.4, 0.5) is 21.5 Å². The lowest BCUT2D eigenvalue weighted by Gasteiger charge is -2.63. The Labute approximate surface area is 442 Å². The van der Waals surface area contributed by atoms with Crippen molar-refractivity contribution in [3.63, 3.8) is 0 Å². The summed E-state index contributed by atoms with van der Waals surface area (Å²) < 4.78 is 62.2. The molecule has 1 spiro atoms. The van der Waals surface area contributed by atoms with Crippen LogP contribution in [0, 0.1) is 34.2 Å². The van der Waals surface area contributed by atoms with E-state index in [2.05, 4.69) is 85.0 Å². The second kappa shape index (κ2) is 21.0. The number of hydrogen-bond acceptors (Lipinski definition) is 14. The highest BCUT2D eigenvalue weighted by Crippen LogP contribution is 2.54. The Morgan fingerprint density at radius 3 is 2.49 bits per heavy atom. The van der Waals surface area contributed by atoms with Crippen molar-refractivity contribution in [2.75, 3.05) is 63.7 Å². The van der Waals surface area contributed by atoms with Crippen molar-refractivity contribution in [3.8, 4) is 23.0 Å². The molecule has 1 atom stereocenters. The van der Waals surface area contributed by atoms with E-state index in [0.29, 0.717) is 37.0 Å². The molecule has 2 saturated carbocycles. The van der Waals surface area contributed by atoms with Gasteiger partial charge in [0.2, 0.25) is 0 Å². The number of aromatic nitrogens is 2. The van der Waals surface area contributed by atoms with Crippen molar-refractivity contribution in [1.29, 1.82) is 0 Å². The highest BCUT2D eigenvalue weighted by atomic mass is 32.2. The van der Waals surface area contributed by atoms with Gasteiger partial charge in [-0.1, -0.05) is 44.2 Å². The fourth-order valence-electron chi connectivity index (χ4n) is 12.1. The second-order valence-corrected chi connectivity index (χ2v) is 23.7. The molecule has 6 aromatic rings. The van der Waals surface area contributed by atoms with Gasteiger partial charge < -0.3 is 34.5 Å². The number of pyridine rings is 1. The third-order valence-electron chi connectivity index (χ3n) is 16.2. The first-order valence-corrected chi connectivity index (χ1v) is 27.6. The first kappa shape index (κ1) is 52.6. The Morgan fingerprint density at radius 2 is 1.76 bits per heavy atom. The fraction of sp³-hybridized carbons (Fsp3) is 0.439. The summed E-state index contributed by atoms with van der Waals surface area (Å²) in [5.74, 6) is 0.579. The van der Waals surface area contributed by atoms with Crippen molar-refractivity contribution >= 4 is 44.0 Å². The summed E-state index contributed by atoms with van der Waals surface area (Å²) in [6.45, 7) is 13.8. The Hall–Kier alpha value is -6.80. The summed E-state index contributed by atoms with van der Waals surface area (Å²) in [6, 6.07) is 23.5. The highest BCUT2D eigenvalue weighted by molar-refractivity contribution is 7.90. The minimum atomic E-state index is -4.65. The maximum absolute atomic E-state index is 14.7. The van der Waals surface area contributed by atoms with Crippen molar-refractivity contribution in [3.05, 3.63) is 135 Å². The van der Waals surface area contributed by atoms with Crippen LogP contribution in [0.25, 0.3) is 11.0 Å². The van der Waals surface area contributed by atoms with Crippen LogP contribution in [-0.2, 0) is 16.6 Å². The van der Waals surface area contributed by atoms with Crippen LogP contribution in [-0.4, -0.2) is 109 Å². The number of anilines is 2. The molecule has 4 aromatic carbocycles. The summed E-state index contributed by atoms with van der Waals surface area (Å²) in [6.07, 6.45) is 7.32. The highest BCUT2D eigenvalue weighted by Gasteiger charge is 2.55. The van der Waals surface area contributed by atoms with E-state index >= 15 is 0 Å². The number of aromatic amines is 1. The number of halogens is 1. The Balaban J connectivity index is 0.850. The minimum absolute atomic E-state index is 0.0114. The number of benzene rings is 4. The van der Waals surface area contributed by atoms with E-state index in [0.717, 1.165) is 93.8 Å². The van der Waals surface area contributed by atoms with Crippen LogP contribution >= 0.6 is 0 Å². The molecule has 76 heavy (non-hydrogen) atoms. The molecule has 10 rings (SSSR count). The minimum Gasteiger partial charge on any atom is -0.493 e. The molecular weight excluding hydrogens is 992 g/mol. The standard InChI is InChI=1S/C57H67FN8O9S/c1-35(2)43-9-7-8-10-44(43)50-32-63(31-38-21-36(3)53(74-6)52(22-38)73-5)19-20-65(50)40-26-57(27-40)33-64(34-57)39-11-13-45(51(23-39)75-41-24-46-47(58)30-61-54(46)60-29-41)55(67)62-76(71,72)42-12-14-48(49(25-42)66(69)70)59-28-37-15-17-56(4,68)18-16-37/h7-14,21-25,29-30,35,37,40,50,59,68H,15-20,26-28,31-34H2,1-6H3,(H,60,61)(H,62,67)/t37-,50-,56-/m0/s1. The first-order valence-electron chi connectivity index (χ1n) is 26.1. The van der Waals surface area contributed by atoms with Gasteiger partial charge in [0.25, 0.3) is 21.6 Å². The molecule has 402 valence electrons. The summed E-state index contributed by atoms with van der Waals surface area (Å²) in [5, 5.41) is 25.9. The fourth-order valence-corrected chi connectivity index (χ4v) is 13.1. The van der Waals surface area contributed by atoms with E-state index in [-0.39, 0.29) is 45.5 Å². The van der Waals surface area contributed by atoms with Crippen molar-refractivity contribution < 1.29 is 41.8 Å². The lowest BCUT2D eigenvalue weighted by Crippen LogP contribution is -2.68. The van der Waals surface area contributed by atoms with E-state index in [4.69, 9.17) is 14.2 Å². The summed E-state index contributed by atoms with van der Waals surface area (Å²) in [5.41, 5.74) is 4.90. The maximum Gasteiger partial charge on any atom is 0.293 e. The molecular formula is C57H67FN8O9S. The van der Waals surface area contributed by atoms with Gasteiger partial charge in [-0.15, -0.1) is 0 Å². The Kier molecular flexibility index (Phi) is 14.5. The van der Waals surface area contributed by atoms with Crippen molar-refractivity contribution in [1.82, 2.24) is 24.5 Å². The topological polar surface area (TPSA) is 205 Å². The molecule has 1 amide bonds. The number of methoxy groups -OCH3 is 2. The number of aryl methyl sites for hydroxylation is 1. The molecule has 2 aliphatic carbocycles. The van der Waals surface area contributed by atoms with Gasteiger partial charge in [-0.3, -0.25) is 24.7 Å². The van der Waals surface area contributed by atoms with Gasteiger partial charge in [0.1, 0.15) is 28.7 Å².